The molecular formula is C13H14BrNO5. The minimum atomic E-state index is -0.952. The number of ether oxygens (including phenoxy) is 1. The number of carbonyl (C=O) groups is 3. The van der Waals surface area contributed by atoms with E-state index in [1.807, 2.05) is 0 Å². The van der Waals surface area contributed by atoms with Gasteiger partial charge < -0.3 is 15.2 Å². The van der Waals surface area contributed by atoms with Gasteiger partial charge in [0.1, 0.15) is 4.83 Å². The first kappa shape index (κ1) is 16.2. The van der Waals surface area contributed by atoms with E-state index in [1.54, 1.807) is 18.2 Å². The summed E-state index contributed by atoms with van der Waals surface area (Å²) in [4.78, 5) is 32.7. The number of nitrogens with one attached hydrogen (secondary N) is 1. The number of aliphatic carboxylic acids is 1. The molecule has 0 heterocycles. The topological polar surface area (TPSA) is 92.7 Å². The van der Waals surface area contributed by atoms with Crippen LogP contribution in [-0.2, 0) is 9.53 Å². The second-order valence-electron chi connectivity index (χ2n) is 3.92. The van der Waals surface area contributed by atoms with Gasteiger partial charge in [-0.05, 0) is 25.0 Å². The van der Waals surface area contributed by atoms with Crippen molar-refractivity contribution in [3.05, 3.63) is 35.9 Å². The number of alkyl halides is 1. The van der Waals surface area contributed by atoms with Gasteiger partial charge in [-0.1, -0.05) is 34.1 Å². The van der Waals surface area contributed by atoms with Crippen molar-refractivity contribution in [1.29, 1.82) is 0 Å². The zero-order valence-corrected chi connectivity index (χ0v) is 12.1. The van der Waals surface area contributed by atoms with Gasteiger partial charge in [-0.15, -0.1) is 0 Å². The normalized spacial score (nSPS) is 11.4. The van der Waals surface area contributed by atoms with E-state index in [2.05, 4.69) is 26.0 Å². The Hall–Kier alpha value is -1.89. The van der Waals surface area contributed by atoms with Crippen LogP contribution in [-0.4, -0.2) is 34.5 Å². The van der Waals surface area contributed by atoms with Gasteiger partial charge in [0.15, 0.2) is 0 Å². The number of carboxylic acids is 1. The van der Waals surface area contributed by atoms with E-state index in [1.165, 1.54) is 12.1 Å². The highest BCUT2D eigenvalue weighted by molar-refractivity contribution is 9.10. The number of hydrogen-bond donors (Lipinski definition) is 2. The Morgan fingerprint density at radius 3 is 2.50 bits per heavy atom. The third-order valence-electron chi connectivity index (χ3n) is 2.37. The maximum atomic E-state index is 11.5. The second kappa shape index (κ2) is 8.31. The van der Waals surface area contributed by atoms with Crippen LogP contribution in [0.15, 0.2) is 30.3 Å². The lowest BCUT2D eigenvalue weighted by atomic mass is 10.2. The zero-order chi connectivity index (χ0) is 15.0. The van der Waals surface area contributed by atoms with Crippen LogP contribution in [0.25, 0.3) is 0 Å². The highest BCUT2D eigenvalue weighted by Crippen LogP contribution is 2.07. The molecule has 0 aliphatic carbocycles. The molecule has 0 aliphatic heterocycles. The van der Waals surface area contributed by atoms with E-state index in [4.69, 9.17) is 5.11 Å². The van der Waals surface area contributed by atoms with Gasteiger partial charge >= 0.3 is 18.0 Å². The van der Waals surface area contributed by atoms with Gasteiger partial charge in [-0.2, -0.15) is 0 Å². The SMILES string of the molecule is O=C(NCCCC(Br)C(=O)O)OC(=O)c1ccccc1. The highest BCUT2D eigenvalue weighted by atomic mass is 79.9. The fourth-order valence-electron chi connectivity index (χ4n) is 1.35. The van der Waals surface area contributed by atoms with Crippen LogP contribution in [0.2, 0.25) is 0 Å². The number of amides is 1. The molecule has 0 bridgehead atoms. The third-order valence-corrected chi connectivity index (χ3v) is 3.22. The zero-order valence-electron chi connectivity index (χ0n) is 10.5. The molecule has 0 spiro atoms. The Kier molecular flexibility index (Phi) is 6.72. The number of hydrogen-bond acceptors (Lipinski definition) is 4. The molecule has 0 saturated heterocycles. The lowest BCUT2D eigenvalue weighted by Crippen LogP contribution is -2.28. The molecule has 0 aromatic heterocycles. The Balaban J connectivity index is 2.24. The van der Waals surface area contributed by atoms with Gasteiger partial charge in [0.25, 0.3) is 0 Å². The summed E-state index contributed by atoms with van der Waals surface area (Å²) >= 11 is 2.98. The first-order chi connectivity index (χ1) is 9.50. The van der Waals surface area contributed by atoms with Crippen LogP contribution in [0, 0.1) is 0 Å². The second-order valence-corrected chi connectivity index (χ2v) is 5.02. The summed E-state index contributed by atoms with van der Waals surface area (Å²) in [6.07, 6.45) is -0.0284. The van der Waals surface area contributed by atoms with Crippen molar-refractivity contribution < 1.29 is 24.2 Å². The summed E-state index contributed by atoms with van der Waals surface area (Å²) in [5, 5.41) is 11.0. The van der Waals surface area contributed by atoms with E-state index in [0.717, 1.165) is 0 Å². The Bertz CT molecular complexity index is 477. The Morgan fingerprint density at radius 2 is 1.90 bits per heavy atom. The summed E-state index contributed by atoms with van der Waals surface area (Å²) in [6, 6.07) is 8.15. The monoisotopic (exact) mass is 343 g/mol. The fourth-order valence-corrected chi connectivity index (χ4v) is 1.67. The average molecular weight is 344 g/mol. The molecule has 0 radical (unpaired) electrons. The molecule has 0 saturated carbocycles. The number of benzene rings is 1. The molecule has 1 rings (SSSR count). The van der Waals surface area contributed by atoms with E-state index in [0.29, 0.717) is 12.8 Å². The molecular weight excluding hydrogens is 330 g/mol. The maximum Gasteiger partial charge on any atom is 0.415 e. The van der Waals surface area contributed by atoms with E-state index in [-0.39, 0.29) is 12.1 Å². The van der Waals surface area contributed by atoms with Crippen LogP contribution in [0.1, 0.15) is 23.2 Å². The predicted molar refractivity (Wildman–Crippen MR) is 74.8 cm³/mol. The molecule has 1 aromatic rings. The van der Waals surface area contributed by atoms with Crippen molar-refractivity contribution in [1.82, 2.24) is 5.32 Å². The smallest absolute Gasteiger partial charge is 0.415 e. The van der Waals surface area contributed by atoms with Crippen LogP contribution in [0.3, 0.4) is 0 Å². The Labute approximate surface area is 124 Å². The summed E-state index contributed by atoms with van der Waals surface area (Å²) in [5.74, 6) is -1.68. The summed E-state index contributed by atoms with van der Waals surface area (Å²) < 4.78 is 4.57. The van der Waals surface area contributed by atoms with Crippen molar-refractivity contribution in [3.63, 3.8) is 0 Å². The minimum absolute atomic E-state index is 0.232. The molecule has 1 unspecified atom stereocenters. The molecule has 1 amide bonds. The molecule has 108 valence electrons. The number of rotatable bonds is 6. The summed E-state index contributed by atoms with van der Waals surface area (Å²) in [7, 11) is 0. The lowest BCUT2D eigenvalue weighted by Gasteiger charge is -2.06. The molecule has 0 fully saturated rings. The molecule has 1 aromatic carbocycles. The van der Waals surface area contributed by atoms with Gasteiger partial charge in [0.05, 0.1) is 5.56 Å². The molecule has 20 heavy (non-hydrogen) atoms. The summed E-state index contributed by atoms with van der Waals surface area (Å²) in [5.41, 5.74) is 0.286. The Morgan fingerprint density at radius 1 is 1.25 bits per heavy atom. The van der Waals surface area contributed by atoms with Gasteiger partial charge in [0.2, 0.25) is 0 Å². The third kappa shape index (κ3) is 5.83. The summed E-state index contributed by atoms with van der Waals surface area (Å²) in [6.45, 7) is 0.232. The van der Waals surface area contributed by atoms with Crippen molar-refractivity contribution in [2.45, 2.75) is 17.7 Å². The lowest BCUT2D eigenvalue weighted by molar-refractivity contribution is -0.136. The van der Waals surface area contributed by atoms with E-state index in [9.17, 15) is 14.4 Å². The first-order valence-electron chi connectivity index (χ1n) is 5.92. The number of halogens is 1. The fraction of sp³-hybridized carbons (Fsp3) is 0.308. The number of carboxylic acid groups (broad SMARTS) is 1. The quantitative estimate of drug-likeness (QED) is 0.357. The number of carbonyl (C=O) groups excluding carboxylic acids is 2. The van der Waals surface area contributed by atoms with Crippen LogP contribution < -0.4 is 5.32 Å². The number of alkyl carbamates (subject to hydrolysis) is 1. The standard InChI is InChI=1S/C13H14BrNO5/c14-10(11(16)17)7-4-8-15-13(19)20-12(18)9-5-2-1-3-6-9/h1-3,5-6,10H,4,7-8H2,(H,15,19)(H,16,17). The van der Waals surface area contributed by atoms with Crippen molar-refractivity contribution in [3.8, 4) is 0 Å². The van der Waals surface area contributed by atoms with E-state index >= 15 is 0 Å². The maximum absolute atomic E-state index is 11.5. The number of esters is 1. The van der Waals surface area contributed by atoms with Gasteiger partial charge in [-0.25, -0.2) is 9.59 Å². The van der Waals surface area contributed by atoms with Crippen molar-refractivity contribution in [2.24, 2.45) is 0 Å². The first-order valence-corrected chi connectivity index (χ1v) is 6.84. The van der Waals surface area contributed by atoms with Crippen LogP contribution >= 0.6 is 15.9 Å². The van der Waals surface area contributed by atoms with Crippen LogP contribution in [0.5, 0.6) is 0 Å². The highest BCUT2D eigenvalue weighted by Gasteiger charge is 2.14. The largest absolute Gasteiger partial charge is 0.480 e. The van der Waals surface area contributed by atoms with Gasteiger partial charge in [-0.3, -0.25) is 4.79 Å². The van der Waals surface area contributed by atoms with Gasteiger partial charge in [0, 0.05) is 6.54 Å². The van der Waals surface area contributed by atoms with Crippen molar-refractivity contribution >= 4 is 34.0 Å². The van der Waals surface area contributed by atoms with Crippen molar-refractivity contribution in [2.75, 3.05) is 6.54 Å². The molecule has 7 heteroatoms. The van der Waals surface area contributed by atoms with Crippen LogP contribution in [0.4, 0.5) is 4.79 Å². The molecule has 6 nitrogen and oxygen atoms in total. The molecule has 1 atom stereocenters. The molecule has 2 N–H and O–H groups in total. The minimum Gasteiger partial charge on any atom is -0.480 e. The predicted octanol–water partition coefficient (Wildman–Crippen LogP) is 2.18. The average Bonchev–Trinajstić information content (AvgIpc) is 2.44. The molecule has 0 aliphatic rings. The van der Waals surface area contributed by atoms with E-state index < -0.39 is 22.9 Å².